The molecule has 2 nitrogen and oxygen atoms in total. The summed E-state index contributed by atoms with van der Waals surface area (Å²) in [6, 6.07) is -1.18. The van der Waals surface area contributed by atoms with E-state index >= 15 is 0 Å². The summed E-state index contributed by atoms with van der Waals surface area (Å²) in [4.78, 5) is 0. The SMILES string of the molecule is Cl.N[C@H](CO)CC(F)(F)F. The van der Waals surface area contributed by atoms with Crippen molar-refractivity contribution in [3.8, 4) is 0 Å². The molecule has 3 N–H and O–H groups in total. The van der Waals surface area contributed by atoms with Gasteiger partial charge in [-0.15, -0.1) is 12.4 Å². The highest BCUT2D eigenvalue weighted by Crippen LogP contribution is 2.20. The molecule has 0 saturated heterocycles. The third kappa shape index (κ3) is 8.00. The van der Waals surface area contributed by atoms with Crippen LogP contribution < -0.4 is 5.73 Å². The van der Waals surface area contributed by atoms with Crippen LogP contribution in [0.2, 0.25) is 0 Å². The Kier molecular flexibility index (Phi) is 6.02. The number of halogens is 4. The molecule has 0 rings (SSSR count). The van der Waals surface area contributed by atoms with Gasteiger partial charge in [-0.05, 0) is 0 Å². The van der Waals surface area contributed by atoms with Gasteiger partial charge >= 0.3 is 6.18 Å². The lowest BCUT2D eigenvalue weighted by molar-refractivity contribution is -0.140. The first-order valence-electron chi connectivity index (χ1n) is 2.39. The highest BCUT2D eigenvalue weighted by Gasteiger charge is 2.29. The molecule has 0 aliphatic carbocycles. The number of hydrogen-bond acceptors (Lipinski definition) is 2. The zero-order valence-corrected chi connectivity index (χ0v) is 5.87. The van der Waals surface area contributed by atoms with Gasteiger partial charge in [-0.2, -0.15) is 13.2 Å². The highest BCUT2D eigenvalue weighted by molar-refractivity contribution is 5.85. The maximum absolute atomic E-state index is 11.3. The fourth-order valence-corrected chi connectivity index (χ4v) is 0.362. The number of rotatable bonds is 2. The molecule has 0 aliphatic heterocycles. The molecule has 0 amide bonds. The van der Waals surface area contributed by atoms with E-state index in [-0.39, 0.29) is 12.4 Å². The van der Waals surface area contributed by atoms with Crippen molar-refractivity contribution >= 4 is 12.4 Å². The molecular weight excluding hydrogens is 170 g/mol. The van der Waals surface area contributed by atoms with Crippen LogP contribution in [0, 0.1) is 0 Å². The maximum Gasteiger partial charge on any atom is 0.390 e. The van der Waals surface area contributed by atoms with Gasteiger partial charge in [0, 0.05) is 6.04 Å². The van der Waals surface area contributed by atoms with Crippen molar-refractivity contribution in [2.45, 2.75) is 18.6 Å². The third-order valence-electron chi connectivity index (χ3n) is 0.728. The van der Waals surface area contributed by atoms with Crippen molar-refractivity contribution in [2.24, 2.45) is 5.73 Å². The second-order valence-electron chi connectivity index (χ2n) is 1.76. The zero-order chi connectivity index (χ0) is 7.49. The Bertz CT molecular complexity index is 87.1. The Labute approximate surface area is 62.6 Å². The minimum Gasteiger partial charge on any atom is -0.395 e. The number of aliphatic hydroxyl groups is 1. The van der Waals surface area contributed by atoms with Crippen molar-refractivity contribution in [2.75, 3.05) is 6.61 Å². The smallest absolute Gasteiger partial charge is 0.390 e. The van der Waals surface area contributed by atoms with Crippen LogP contribution >= 0.6 is 12.4 Å². The summed E-state index contributed by atoms with van der Waals surface area (Å²) < 4.78 is 33.9. The second kappa shape index (κ2) is 4.76. The minimum atomic E-state index is -4.26. The van der Waals surface area contributed by atoms with Gasteiger partial charge in [-0.25, -0.2) is 0 Å². The third-order valence-corrected chi connectivity index (χ3v) is 0.728. The predicted molar refractivity (Wildman–Crippen MR) is 33.0 cm³/mol. The molecule has 0 aromatic carbocycles. The normalized spacial score (nSPS) is 14.1. The van der Waals surface area contributed by atoms with E-state index in [1.54, 1.807) is 0 Å². The first-order valence-corrected chi connectivity index (χ1v) is 2.39. The molecule has 0 spiro atoms. The summed E-state index contributed by atoms with van der Waals surface area (Å²) in [5, 5.41) is 8.07. The molecule has 0 heterocycles. The van der Waals surface area contributed by atoms with Gasteiger partial charge in [-0.1, -0.05) is 0 Å². The molecule has 1 atom stereocenters. The van der Waals surface area contributed by atoms with Crippen LogP contribution in [-0.2, 0) is 0 Å². The van der Waals surface area contributed by atoms with Crippen LogP contribution in [0.3, 0.4) is 0 Å². The van der Waals surface area contributed by atoms with Crippen LogP contribution in [0.5, 0.6) is 0 Å². The molecule has 0 fully saturated rings. The summed E-state index contributed by atoms with van der Waals surface area (Å²) in [6.07, 6.45) is -5.38. The molecule has 64 valence electrons. The summed E-state index contributed by atoms with van der Waals surface area (Å²) in [7, 11) is 0. The van der Waals surface area contributed by atoms with E-state index in [1.165, 1.54) is 0 Å². The van der Waals surface area contributed by atoms with Crippen LogP contribution in [0.25, 0.3) is 0 Å². The van der Waals surface area contributed by atoms with E-state index in [0.29, 0.717) is 0 Å². The van der Waals surface area contributed by atoms with Crippen molar-refractivity contribution in [1.82, 2.24) is 0 Å². The molecule has 0 unspecified atom stereocenters. The first kappa shape index (κ1) is 12.7. The maximum atomic E-state index is 11.3. The van der Waals surface area contributed by atoms with Gasteiger partial charge in [0.25, 0.3) is 0 Å². The number of aliphatic hydroxyl groups excluding tert-OH is 1. The van der Waals surface area contributed by atoms with E-state index in [9.17, 15) is 13.2 Å². The van der Waals surface area contributed by atoms with E-state index in [0.717, 1.165) is 0 Å². The molecule has 0 aromatic heterocycles. The van der Waals surface area contributed by atoms with Gasteiger partial charge in [-0.3, -0.25) is 0 Å². The highest BCUT2D eigenvalue weighted by atomic mass is 35.5. The van der Waals surface area contributed by atoms with E-state index in [2.05, 4.69) is 0 Å². The number of alkyl halides is 3. The average Bonchev–Trinajstić information content (AvgIpc) is 1.62. The minimum absolute atomic E-state index is 0. The van der Waals surface area contributed by atoms with Crippen LogP contribution in [0.1, 0.15) is 6.42 Å². The van der Waals surface area contributed by atoms with E-state index in [1.807, 2.05) is 0 Å². The summed E-state index contributed by atoms with van der Waals surface area (Å²) in [5.41, 5.74) is 4.79. The molecule has 0 radical (unpaired) electrons. The molecule has 0 bridgehead atoms. The zero-order valence-electron chi connectivity index (χ0n) is 5.06. The molecule has 0 aromatic rings. The lowest BCUT2D eigenvalue weighted by atomic mass is 10.2. The summed E-state index contributed by atoms with van der Waals surface area (Å²) in [6.45, 7) is -0.625. The standard InChI is InChI=1S/C4H8F3NO.ClH/c5-4(6,7)1-3(8)2-9;/h3,9H,1-2,8H2;1H/t3-;/m0./s1. The first-order chi connectivity index (χ1) is 3.95. The predicted octanol–water partition coefficient (Wildman–Crippen LogP) is 0.680. The van der Waals surface area contributed by atoms with Crippen molar-refractivity contribution < 1.29 is 18.3 Å². The van der Waals surface area contributed by atoms with E-state index in [4.69, 9.17) is 10.8 Å². The molecular formula is C4H9ClF3NO. The Morgan fingerprint density at radius 3 is 1.90 bits per heavy atom. The summed E-state index contributed by atoms with van der Waals surface area (Å²) in [5.74, 6) is 0. The van der Waals surface area contributed by atoms with Crippen LogP contribution in [0.4, 0.5) is 13.2 Å². The van der Waals surface area contributed by atoms with Crippen molar-refractivity contribution in [1.29, 1.82) is 0 Å². The van der Waals surface area contributed by atoms with Gasteiger partial charge < -0.3 is 10.8 Å². The Hall–Kier alpha value is -0.0000000000000000555. The molecule has 10 heavy (non-hydrogen) atoms. The van der Waals surface area contributed by atoms with Crippen molar-refractivity contribution in [3.05, 3.63) is 0 Å². The number of nitrogens with two attached hydrogens (primary N) is 1. The molecule has 6 heteroatoms. The van der Waals surface area contributed by atoms with Gasteiger partial charge in [0.1, 0.15) is 0 Å². The fraction of sp³-hybridized carbons (Fsp3) is 1.00. The topological polar surface area (TPSA) is 46.2 Å². The van der Waals surface area contributed by atoms with Crippen molar-refractivity contribution in [3.63, 3.8) is 0 Å². The Morgan fingerprint density at radius 2 is 1.80 bits per heavy atom. The lowest BCUT2D eigenvalue weighted by Crippen LogP contribution is -2.30. The largest absolute Gasteiger partial charge is 0.395 e. The van der Waals surface area contributed by atoms with Gasteiger partial charge in [0.15, 0.2) is 0 Å². The van der Waals surface area contributed by atoms with E-state index < -0.39 is 25.2 Å². The molecule has 0 aliphatic rings. The second-order valence-corrected chi connectivity index (χ2v) is 1.76. The monoisotopic (exact) mass is 179 g/mol. The van der Waals surface area contributed by atoms with Crippen LogP contribution in [-0.4, -0.2) is 23.9 Å². The summed E-state index contributed by atoms with van der Waals surface area (Å²) >= 11 is 0. The quantitative estimate of drug-likeness (QED) is 0.655. The Morgan fingerprint density at radius 1 is 1.40 bits per heavy atom. The lowest BCUT2D eigenvalue weighted by Gasteiger charge is -2.09. The molecule has 0 saturated carbocycles. The van der Waals surface area contributed by atoms with Gasteiger partial charge in [0.05, 0.1) is 13.0 Å². The Balaban J connectivity index is 0. The fourth-order valence-electron chi connectivity index (χ4n) is 0.362. The van der Waals surface area contributed by atoms with Gasteiger partial charge in [0.2, 0.25) is 0 Å². The number of hydrogen-bond donors (Lipinski definition) is 2. The average molecular weight is 180 g/mol. The van der Waals surface area contributed by atoms with Crippen LogP contribution in [0.15, 0.2) is 0 Å².